The van der Waals surface area contributed by atoms with Crippen LogP contribution in [0.5, 0.6) is 0 Å². The van der Waals surface area contributed by atoms with Crippen molar-refractivity contribution in [1.29, 1.82) is 0 Å². The Hall–Kier alpha value is -5.44. The van der Waals surface area contributed by atoms with Crippen LogP contribution in [0, 0.1) is 0 Å². The second-order valence-corrected chi connectivity index (χ2v) is 13.1. The Morgan fingerprint density at radius 2 is 0.956 bits per heavy atom. The van der Waals surface area contributed by atoms with Crippen LogP contribution in [0.4, 0.5) is 17.1 Å². The van der Waals surface area contributed by atoms with Gasteiger partial charge in [-0.25, -0.2) is 0 Å². The van der Waals surface area contributed by atoms with E-state index in [9.17, 15) is 0 Å². The van der Waals surface area contributed by atoms with E-state index in [-0.39, 0.29) is 5.41 Å². The SMILES string of the molecule is c1ccc(N(c2ccc3c(c2)C2(c4ccccc4-c4ccccc42)c2ccccc2-3)c2cccc3c2sc2ccccc23)cc1. The second-order valence-electron chi connectivity index (χ2n) is 12.0. The maximum Gasteiger partial charge on any atom is 0.0726 e. The Morgan fingerprint density at radius 1 is 0.400 bits per heavy atom. The average Bonchev–Trinajstić information content (AvgIpc) is 3.73. The third kappa shape index (κ3) is 3.27. The predicted octanol–water partition coefficient (Wildman–Crippen LogP) is 11.9. The Balaban J connectivity index is 1.29. The molecule has 45 heavy (non-hydrogen) atoms. The molecule has 2 aliphatic carbocycles. The zero-order chi connectivity index (χ0) is 29.5. The molecule has 1 spiro atoms. The molecule has 2 aliphatic rings. The van der Waals surface area contributed by atoms with Gasteiger partial charge in [-0.3, -0.25) is 0 Å². The number of hydrogen-bond acceptors (Lipinski definition) is 2. The molecule has 1 aromatic heterocycles. The number of benzene rings is 7. The van der Waals surface area contributed by atoms with Crippen molar-refractivity contribution < 1.29 is 0 Å². The first-order valence-corrected chi connectivity index (χ1v) is 16.3. The van der Waals surface area contributed by atoms with E-state index in [1.165, 1.54) is 76.1 Å². The standard InChI is InChI=1S/C43H27NS/c1-2-13-28(14-3-1)44(40-23-12-19-35-34-18-7-11-24-41(34)45-42(35)40)29-25-26-33-32-17-6-10-22-38(32)43(39(33)27-29)36-20-8-4-15-30(36)31-16-5-9-21-37(31)43/h1-27H. The molecule has 0 fully saturated rings. The van der Waals surface area contributed by atoms with Gasteiger partial charge in [0.15, 0.2) is 0 Å². The Labute approximate surface area is 266 Å². The number of fused-ring (bicyclic) bond motifs is 13. The van der Waals surface area contributed by atoms with E-state index in [0.29, 0.717) is 0 Å². The molecule has 0 aliphatic heterocycles. The predicted molar refractivity (Wildman–Crippen MR) is 190 cm³/mol. The highest BCUT2D eigenvalue weighted by molar-refractivity contribution is 7.26. The molecule has 0 saturated carbocycles. The van der Waals surface area contributed by atoms with E-state index >= 15 is 0 Å². The summed E-state index contributed by atoms with van der Waals surface area (Å²) in [6.07, 6.45) is 0. The summed E-state index contributed by atoms with van der Waals surface area (Å²) in [6.45, 7) is 0. The fourth-order valence-corrected chi connectivity index (χ4v) is 9.34. The first kappa shape index (κ1) is 24.9. The fourth-order valence-electron chi connectivity index (χ4n) is 8.13. The number of anilines is 3. The Kier molecular flexibility index (Phi) is 5.14. The molecule has 0 amide bonds. The summed E-state index contributed by atoms with van der Waals surface area (Å²) in [6, 6.07) is 60.6. The molecule has 2 heteroatoms. The maximum atomic E-state index is 2.48. The highest BCUT2D eigenvalue weighted by Gasteiger charge is 2.51. The fraction of sp³-hybridized carbons (Fsp3) is 0.0233. The van der Waals surface area contributed by atoms with Crippen molar-refractivity contribution in [2.24, 2.45) is 0 Å². The molecule has 0 saturated heterocycles. The van der Waals surface area contributed by atoms with Gasteiger partial charge in [-0.05, 0) is 80.9 Å². The molecular weight excluding hydrogens is 563 g/mol. The zero-order valence-electron chi connectivity index (χ0n) is 24.4. The van der Waals surface area contributed by atoms with Gasteiger partial charge in [0.05, 0.1) is 15.8 Å². The first-order valence-electron chi connectivity index (χ1n) is 15.5. The molecule has 8 aromatic rings. The summed E-state index contributed by atoms with van der Waals surface area (Å²) in [5, 5.41) is 2.62. The van der Waals surface area contributed by atoms with Gasteiger partial charge in [0.25, 0.3) is 0 Å². The van der Waals surface area contributed by atoms with E-state index in [1.54, 1.807) is 0 Å². The molecule has 10 rings (SSSR count). The van der Waals surface area contributed by atoms with E-state index in [4.69, 9.17) is 0 Å². The van der Waals surface area contributed by atoms with Crippen LogP contribution < -0.4 is 4.90 Å². The number of rotatable bonds is 3. The topological polar surface area (TPSA) is 3.24 Å². The van der Waals surface area contributed by atoms with Crippen LogP contribution in [0.15, 0.2) is 164 Å². The maximum absolute atomic E-state index is 2.48. The third-order valence-corrected chi connectivity index (χ3v) is 11.1. The van der Waals surface area contributed by atoms with Crippen molar-refractivity contribution in [1.82, 2.24) is 0 Å². The van der Waals surface area contributed by atoms with Crippen LogP contribution in [-0.2, 0) is 5.41 Å². The van der Waals surface area contributed by atoms with Gasteiger partial charge in [0.1, 0.15) is 0 Å². The molecular formula is C43H27NS. The van der Waals surface area contributed by atoms with E-state index in [0.717, 1.165) is 5.69 Å². The molecule has 0 radical (unpaired) electrons. The summed E-state index contributed by atoms with van der Waals surface area (Å²) >= 11 is 1.88. The van der Waals surface area contributed by atoms with Gasteiger partial charge < -0.3 is 4.90 Å². The van der Waals surface area contributed by atoms with Crippen molar-refractivity contribution in [3.05, 3.63) is 186 Å². The van der Waals surface area contributed by atoms with Crippen LogP contribution in [0.3, 0.4) is 0 Å². The third-order valence-electron chi connectivity index (χ3n) is 9.88. The monoisotopic (exact) mass is 589 g/mol. The smallest absolute Gasteiger partial charge is 0.0726 e. The normalized spacial score (nSPS) is 13.5. The van der Waals surface area contributed by atoms with E-state index < -0.39 is 0 Å². The molecule has 1 nitrogen and oxygen atoms in total. The van der Waals surface area contributed by atoms with Crippen molar-refractivity contribution in [3.8, 4) is 22.3 Å². The Bertz CT molecular complexity index is 2390. The molecule has 1 heterocycles. The summed E-state index contributed by atoms with van der Waals surface area (Å²) < 4.78 is 2.62. The first-order chi connectivity index (χ1) is 22.3. The van der Waals surface area contributed by atoms with Crippen LogP contribution in [-0.4, -0.2) is 0 Å². The van der Waals surface area contributed by atoms with Gasteiger partial charge in [-0.15, -0.1) is 11.3 Å². The minimum atomic E-state index is -0.374. The van der Waals surface area contributed by atoms with Crippen molar-refractivity contribution in [2.45, 2.75) is 5.41 Å². The minimum Gasteiger partial charge on any atom is -0.309 e. The lowest BCUT2D eigenvalue weighted by Gasteiger charge is -2.32. The summed E-state index contributed by atoms with van der Waals surface area (Å²) in [7, 11) is 0. The number of nitrogens with zero attached hydrogens (tertiary/aromatic N) is 1. The van der Waals surface area contributed by atoms with Crippen molar-refractivity contribution >= 4 is 48.6 Å². The second kappa shape index (κ2) is 9.28. The van der Waals surface area contributed by atoms with Gasteiger partial charge in [-0.1, -0.05) is 127 Å². The molecule has 0 atom stereocenters. The van der Waals surface area contributed by atoms with Crippen LogP contribution in [0.25, 0.3) is 42.4 Å². The largest absolute Gasteiger partial charge is 0.309 e. The lowest BCUT2D eigenvalue weighted by Crippen LogP contribution is -2.26. The molecule has 0 unspecified atom stereocenters. The van der Waals surface area contributed by atoms with Crippen molar-refractivity contribution in [2.75, 3.05) is 4.90 Å². The van der Waals surface area contributed by atoms with Gasteiger partial charge in [0, 0.05) is 26.8 Å². The number of para-hydroxylation sites is 1. The lowest BCUT2D eigenvalue weighted by molar-refractivity contribution is 0.793. The van der Waals surface area contributed by atoms with E-state index in [2.05, 4.69) is 169 Å². The van der Waals surface area contributed by atoms with E-state index in [1.807, 2.05) is 11.3 Å². The quantitative estimate of drug-likeness (QED) is 0.198. The summed E-state index contributed by atoms with van der Waals surface area (Å²) in [5.41, 5.74) is 13.9. The number of thiophene rings is 1. The highest BCUT2D eigenvalue weighted by Crippen LogP contribution is 2.63. The van der Waals surface area contributed by atoms with Gasteiger partial charge >= 0.3 is 0 Å². The Morgan fingerprint density at radius 3 is 1.64 bits per heavy atom. The summed E-state index contributed by atoms with van der Waals surface area (Å²) in [4.78, 5) is 2.46. The lowest BCUT2D eigenvalue weighted by atomic mass is 9.70. The highest BCUT2D eigenvalue weighted by atomic mass is 32.1. The molecule has 210 valence electrons. The van der Waals surface area contributed by atoms with Crippen LogP contribution in [0.1, 0.15) is 22.3 Å². The zero-order valence-corrected chi connectivity index (χ0v) is 25.3. The number of hydrogen-bond donors (Lipinski definition) is 0. The van der Waals surface area contributed by atoms with Crippen LogP contribution in [0.2, 0.25) is 0 Å². The summed E-state index contributed by atoms with van der Waals surface area (Å²) in [5.74, 6) is 0. The minimum absolute atomic E-state index is 0.374. The van der Waals surface area contributed by atoms with Crippen molar-refractivity contribution in [3.63, 3.8) is 0 Å². The van der Waals surface area contributed by atoms with Gasteiger partial charge in [-0.2, -0.15) is 0 Å². The van der Waals surface area contributed by atoms with Gasteiger partial charge in [0.2, 0.25) is 0 Å². The van der Waals surface area contributed by atoms with Crippen LogP contribution >= 0.6 is 11.3 Å². The molecule has 0 bridgehead atoms. The molecule has 7 aromatic carbocycles. The average molecular weight is 590 g/mol. The molecule has 0 N–H and O–H groups in total.